The third kappa shape index (κ3) is 12.3. The number of hydrogen-bond acceptors (Lipinski definition) is 6. The van der Waals surface area contributed by atoms with E-state index in [1.165, 1.54) is 5.56 Å². The molecule has 0 unspecified atom stereocenters. The molecule has 1 heterocycles. The van der Waals surface area contributed by atoms with Gasteiger partial charge in [0, 0.05) is 13.1 Å². The van der Waals surface area contributed by atoms with Crippen LogP contribution in [-0.4, -0.2) is 59.3 Å². The standard InChI is InChI=1S/C38H48N2O7/c1-38(2,3)47-37(44)39-22-8-7-10-28-14-20-34(21-15-28)46-27-32-24-31(25-35(41)42)36(43)40(32)23-9-13-29-16-18-33(19-17-29)45-26-30-11-5-4-6-12-30/h4-6,11-12,14-21,31-32H,7-10,13,22-27H2,1-3H3,(H,39,44)(H,41,42)/t31-,32-/m0/s1. The molecule has 0 aliphatic carbocycles. The molecule has 3 aromatic carbocycles. The molecule has 3 aromatic rings. The number of nitrogens with zero attached hydrogens (tertiary/aromatic N) is 1. The van der Waals surface area contributed by atoms with E-state index in [4.69, 9.17) is 14.2 Å². The molecule has 47 heavy (non-hydrogen) atoms. The molecule has 2 amide bonds. The molecule has 9 nitrogen and oxygen atoms in total. The molecule has 2 N–H and O–H groups in total. The second kappa shape index (κ2) is 17.4. The second-order valence-corrected chi connectivity index (χ2v) is 13.1. The number of nitrogens with one attached hydrogen (secondary N) is 1. The molecule has 0 spiro atoms. The average molecular weight is 645 g/mol. The lowest BCUT2D eigenvalue weighted by atomic mass is 10.0. The summed E-state index contributed by atoms with van der Waals surface area (Å²) in [5, 5.41) is 12.2. The summed E-state index contributed by atoms with van der Waals surface area (Å²) in [6.07, 6.45) is 4.09. The van der Waals surface area contributed by atoms with E-state index in [1.807, 2.05) is 105 Å². The molecule has 0 radical (unpaired) electrons. The fraction of sp³-hybridized carbons (Fsp3) is 0.447. The van der Waals surface area contributed by atoms with E-state index in [-0.39, 0.29) is 18.4 Å². The highest BCUT2D eigenvalue weighted by Gasteiger charge is 2.40. The van der Waals surface area contributed by atoms with Gasteiger partial charge in [0.25, 0.3) is 0 Å². The van der Waals surface area contributed by atoms with Crippen LogP contribution >= 0.6 is 0 Å². The normalized spacial score (nSPS) is 16.1. The minimum atomic E-state index is -0.962. The summed E-state index contributed by atoms with van der Waals surface area (Å²) in [7, 11) is 0. The van der Waals surface area contributed by atoms with E-state index in [1.54, 1.807) is 0 Å². The third-order valence-corrected chi connectivity index (χ3v) is 8.01. The number of carbonyl (C=O) groups excluding carboxylic acids is 2. The van der Waals surface area contributed by atoms with Crippen molar-refractivity contribution >= 4 is 18.0 Å². The molecule has 1 aliphatic heterocycles. The SMILES string of the molecule is CC(C)(C)OC(=O)NCCCCc1ccc(OC[C@@H]2C[C@@H](CC(=O)O)C(=O)N2CCCc2ccc(OCc3ccccc3)cc2)cc1. The number of likely N-dealkylation sites (tertiary alicyclic amines) is 1. The summed E-state index contributed by atoms with van der Waals surface area (Å²) >= 11 is 0. The molecule has 2 atom stereocenters. The fourth-order valence-corrected chi connectivity index (χ4v) is 5.65. The highest BCUT2D eigenvalue weighted by Crippen LogP contribution is 2.29. The molecule has 252 valence electrons. The Kier molecular flexibility index (Phi) is 13.1. The number of ether oxygens (including phenoxy) is 3. The maximum Gasteiger partial charge on any atom is 0.407 e. The lowest BCUT2D eigenvalue weighted by molar-refractivity contribution is -0.142. The Morgan fingerprint density at radius 1 is 0.830 bits per heavy atom. The summed E-state index contributed by atoms with van der Waals surface area (Å²) in [6, 6.07) is 25.8. The summed E-state index contributed by atoms with van der Waals surface area (Å²) in [5.74, 6) is -0.0853. The number of unbranched alkanes of at least 4 members (excludes halogenated alkanes) is 1. The number of aliphatic carboxylic acids is 1. The molecule has 1 saturated heterocycles. The zero-order valence-electron chi connectivity index (χ0n) is 27.8. The molecule has 9 heteroatoms. The van der Waals surface area contributed by atoms with Gasteiger partial charge in [-0.05, 0) is 100 Å². The van der Waals surface area contributed by atoms with Gasteiger partial charge in [0.1, 0.15) is 30.3 Å². The van der Waals surface area contributed by atoms with Crippen molar-refractivity contribution in [2.45, 2.75) is 84.0 Å². The fourth-order valence-electron chi connectivity index (χ4n) is 5.65. The van der Waals surface area contributed by atoms with Gasteiger partial charge >= 0.3 is 12.1 Å². The van der Waals surface area contributed by atoms with E-state index in [0.717, 1.165) is 49.0 Å². The highest BCUT2D eigenvalue weighted by atomic mass is 16.6. The van der Waals surface area contributed by atoms with Gasteiger partial charge in [0.15, 0.2) is 0 Å². The van der Waals surface area contributed by atoms with Crippen LogP contribution in [0.3, 0.4) is 0 Å². The molecule has 0 saturated carbocycles. The van der Waals surface area contributed by atoms with Crippen molar-refractivity contribution in [1.29, 1.82) is 0 Å². The topological polar surface area (TPSA) is 114 Å². The number of carbonyl (C=O) groups is 3. The van der Waals surface area contributed by atoms with Crippen LogP contribution in [0.4, 0.5) is 4.79 Å². The number of alkyl carbamates (subject to hydrolysis) is 1. The van der Waals surface area contributed by atoms with E-state index in [2.05, 4.69) is 5.32 Å². The predicted octanol–water partition coefficient (Wildman–Crippen LogP) is 6.82. The Labute approximate surface area is 278 Å². The van der Waals surface area contributed by atoms with Crippen LogP contribution in [0.1, 0.15) is 69.6 Å². The minimum Gasteiger partial charge on any atom is -0.491 e. The maximum absolute atomic E-state index is 13.2. The monoisotopic (exact) mass is 644 g/mol. The van der Waals surface area contributed by atoms with Gasteiger partial charge in [-0.1, -0.05) is 54.6 Å². The van der Waals surface area contributed by atoms with Crippen LogP contribution < -0.4 is 14.8 Å². The van der Waals surface area contributed by atoms with E-state index >= 15 is 0 Å². The highest BCUT2D eigenvalue weighted by molar-refractivity contribution is 5.85. The van der Waals surface area contributed by atoms with Crippen molar-refractivity contribution < 1.29 is 33.7 Å². The molecule has 0 bridgehead atoms. The zero-order valence-corrected chi connectivity index (χ0v) is 27.8. The van der Waals surface area contributed by atoms with E-state index < -0.39 is 23.6 Å². The molecular formula is C38H48N2O7. The quantitative estimate of drug-likeness (QED) is 0.155. The Balaban J connectivity index is 1.21. The van der Waals surface area contributed by atoms with Crippen LogP contribution in [0.25, 0.3) is 0 Å². The maximum atomic E-state index is 13.2. The molecule has 4 rings (SSSR count). The second-order valence-electron chi connectivity index (χ2n) is 13.1. The lowest BCUT2D eigenvalue weighted by Crippen LogP contribution is -2.38. The number of carboxylic acids is 1. The Morgan fingerprint density at radius 2 is 1.45 bits per heavy atom. The van der Waals surface area contributed by atoms with Crippen molar-refractivity contribution in [3.05, 3.63) is 95.6 Å². The minimum absolute atomic E-state index is 0.109. The number of amides is 2. The van der Waals surface area contributed by atoms with Gasteiger partial charge in [-0.15, -0.1) is 0 Å². The number of hydrogen-bond donors (Lipinski definition) is 2. The third-order valence-electron chi connectivity index (χ3n) is 8.01. The molecular weight excluding hydrogens is 596 g/mol. The van der Waals surface area contributed by atoms with Gasteiger partial charge in [0.05, 0.1) is 18.4 Å². The number of aryl methyl sites for hydroxylation is 2. The van der Waals surface area contributed by atoms with Gasteiger partial charge in [-0.2, -0.15) is 0 Å². The summed E-state index contributed by atoms with van der Waals surface area (Å²) in [6.45, 7) is 7.44. The van der Waals surface area contributed by atoms with Crippen LogP contribution in [-0.2, 0) is 33.8 Å². The summed E-state index contributed by atoms with van der Waals surface area (Å²) < 4.78 is 17.2. The van der Waals surface area contributed by atoms with Crippen LogP contribution in [0.15, 0.2) is 78.9 Å². The van der Waals surface area contributed by atoms with Crippen molar-refractivity contribution in [1.82, 2.24) is 10.2 Å². The number of carboxylic acid groups (broad SMARTS) is 1. The van der Waals surface area contributed by atoms with Crippen molar-refractivity contribution in [2.75, 3.05) is 19.7 Å². The number of rotatable bonds is 17. The van der Waals surface area contributed by atoms with Gasteiger partial charge in [-0.25, -0.2) is 4.79 Å². The van der Waals surface area contributed by atoms with Gasteiger partial charge < -0.3 is 29.5 Å². The van der Waals surface area contributed by atoms with Gasteiger partial charge in [-0.3, -0.25) is 9.59 Å². The van der Waals surface area contributed by atoms with Crippen molar-refractivity contribution in [2.24, 2.45) is 5.92 Å². The van der Waals surface area contributed by atoms with Gasteiger partial charge in [0.2, 0.25) is 5.91 Å². The van der Waals surface area contributed by atoms with Crippen LogP contribution in [0.5, 0.6) is 11.5 Å². The van der Waals surface area contributed by atoms with E-state index in [9.17, 15) is 19.5 Å². The summed E-state index contributed by atoms with van der Waals surface area (Å²) in [4.78, 5) is 38.2. The molecule has 0 aromatic heterocycles. The average Bonchev–Trinajstić information content (AvgIpc) is 3.32. The first kappa shape index (κ1) is 35.3. The lowest BCUT2D eigenvalue weighted by Gasteiger charge is -2.25. The Bertz CT molecular complexity index is 1420. The molecule has 1 aliphatic rings. The first-order valence-corrected chi connectivity index (χ1v) is 16.5. The zero-order chi connectivity index (χ0) is 33.6. The molecule has 1 fully saturated rings. The van der Waals surface area contributed by atoms with E-state index in [0.29, 0.717) is 38.5 Å². The Hall–Kier alpha value is -4.53. The predicted molar refractivity (Wildman–Crippen MR) is 181 cm³/mol. The smallest absolute Gasteiger partial charge is 0.407 e. The Morgan fingerprint density at radius 3 is 2.06 bits per heavy atom. The largest absolute Gasteiger partial charge is 0.491 e. The first-order valence-electron chi connectivity index (χ1n) is 16.5. The summed E-state index contributed by atoms with van der Waals surface area (Å²) in [5.41, 5.74) is 2.93. The van der Waals surface area contributed by atoms with Crippen molar-refractivity contribution in [3.8, 4) is 11.5 Å². The number of benzene rings is 3. The van der Waals surface area contributed by atoms with Crippen LogP contribution in [0.2, 0.25) is 0 Å². The van der Waals surface area contributed by atoms with Crippen LogP contribution in [0, 0.1) is 5.92 Å². The first-order chi connectivity index (χ1) is 22.6. The van der Waals surface area contributed by atoms with Crippen molar-refractivity contribution in [3.63, 3.8) is 0 Å².